The molecule has 26 heavy (non-hydrogen) atoms. The number of benzene rings is 1. The highest BCUT2D eigenvalue weighted by Crippen LogP contribution is 2.26. The lowest BCUT2D eigenvalue weighted by Gasteiger charge is -2.23. The van der Waals surface area contributed by atoms with E-state index in [1.165, 1.54) is 6.08 Å². The van der Waals surface area contributed by atoms with Crippen LogP contribution in [-0.4, -0.2) is 28.8 Å². The summed E-state index contributed by atoms with van der Waals surface area (Å²) >= 11 is 0. The topological polar surface area (TPSA) is 66.2 Å². The van der Waals surface area contributed by atoms with Crippen LogP contribution in [0.2, 0.25) is 0 Å². The molecule has 5 nitrogen and oxygen atoms in total. The molecule has 2 aromatic rings. The summed E-state index contributed by atoms with van der Waals surface area (Å²) in [6.07, 6.45) is 6.17. The summed E-state index contributed by atoms with van der Waals surface area (Å²) in [5.41, 5.74) is 0.599. The fourth-order valence-corrected chi connectivity index (χ4v) is 2.35. The Morgan fingerprint density at radius 1 is 1.15 bits per heavy atom. The number of Topliss-reactive ketones (excluding diaryl/α,β-unsaturated/α-hetero) is 1. The summed E-state index contributed by atoms with van der Waals surface area (Å²) in [6, 6.07) is 14.1. The van der Waals surface area contributed by atoms with Gasteiger partial charge in [0.1, 0.15) is 5.75 Å². The van der Waals surface area contributed by atoms with Gasteiger partial charge >= 0.3 is 0 Å². The van der Waals surface area contributed by atoms with Crippen LogP contribution in [0.1, 0.15) is 10.4 Å². The van der Waals surface area contributed by atoms with Crippen LogP contribution in [0.25, 0.3) is 0 Å². The molecule has 0 radical (unpaired) electrons. The minimum Gasteiger partial charge on any atom is -0.438 e. The molecule has 0 spiro atoms. The quantitative estimate of drug-likeness (QED) is 0.296. The van der Waals surface area contributed by atoms with Crippen molar-refractivity contribution in [3.8, 4) is 17.7 Å². The summed E-state index contributed by atoms with van der Waals surface area (Å²) in [5.74, 6) is 0.437. The van der Waals surface area contributed by atoms with E-state index in [-0.39, 0.29) is 11.5 Å². The van der Waals surface area contributed by atoms with Crippen LogP contribution in [0.3, 0.4) is 0 Å². The molecule has 0 fully saturated rings. The predicted molar refractivity (Wildman–Crippen MR) is 101 cm³/mol. The molecule has 1 heterocycles. The van der Waals surface area contributed by atoms with Gasteiger partial charge in [0.2, 0.25) is 11.7 Å². The van der Waals surface area contributed by atoms with Crippen molar-refractivity contribution in [1.29, 1.82) is 5.26 Å². The molecule has 0 atom stereocenters. The van der Waals surface area contributed by atoms with Gasteiger partial charge in [-0.1, -0.05) is 30.4 Å². The van der Waals surface area contributed by atoms with Crippen LogP contribution in [-0.2, 0) is 0 Å². The Morgan fingerprint density at radius 2 is 1.85 bits per heavy atom. The number of aromatic nitrogens is 1. The fraction of sp³-hybridized carbons (Fsp3) is 0.0952. The summed E-state index contributed by atoms with van der Waals surface area (Å²) in [6.45, 7) is 8.22. The van der Waals surface area contributed by atoms with Crippen LogP contribution in [0.5, 0.6) is 11.6 Å². The van der Waals surface area contributed by atoms with Gasteiger partial charge in [-0.05, 0) is 18.2 Å². The third kappa shape index (κ3) is 4.68. The van der Waals surface area contributed by atoms with Gasteiger partial charge in [-0.3, -0.25) is 4.79 Å². The summed E-state index contributed by atoms with van der Waals surface area (Å²) in [4.78, 5) is 18.9. The predicted octanol–water partition coefficient (Wildman–Crippen LogP) is 4.14. The highest BCUT2D eigenvalue weighted by Gasteiger charge is 2.21. The third-order valence-electron chi connectivity index (χ3n) is 3.46. The first-order valence-electron chi connectivity index (χ1n) is 8.00. The zero-order valence-electron chi connectivity index (χ0n) is 14.3. The number of hydrogen-bond donors (Lipinski definition) is 0. The normalized spacial score (nSPS) is 10.5. The minimum absolute atomic E-state index is 0.254. The number of para-hydroxylation sites is 1. The maximum atomic E-state index is 13.1. The van der Waals surface area contributed by atoms with Crippen LogP contribution in [0.15, 0.2) is 85.7 Å². The summed E-state index contributed by atoms with van der Waals surface area (Å²) in [5, 5.41) is 9.12. The van der Waals surface area contributed by atoms with Gasteiger partial charge in [-0.2, -0.15) is 5.26 Å². The second kappa shape index (κ2) is 9.60. The van der Waals surface area contributed by atoms with E-state index < -0.39 is 0 Å². The average molecular weight is 345 g/mol. The maximum absolute atomic E-state index is 13.1. The lowest BCUT2D eigenvalue weighted by atomic mass is 10.1. The van der Waals surface area contributed by atoms with Crippen LogP contribution < -0.4 is 4.74 Å². The average Bonchev–Trinajstić information content (AvgIpc) is 2.67. The van der Waals surface area contributed by atoms with Crippen molar-refractivity contribution < 1.29 is 9.53 Å². The van der Waals surface area contributed by atoms with Gasteiger partial charge in [0, 0.05) is 31.4 Å². The number of nitrogens with zero attached hydrogens (tertiary/aromatic N) is 3. The second-order valence-electron chi connectivity index (χ2n) is 5.24. The first-order valence-corrected chi connectivity index (χ1v) is 8.00. The lowest BCUT2D eigenvalue weighted by molar-refractivity contribution is 0.0995. The van der Waals surface area contributed by atoms with Gasteiger partial charge in [-0.15, -0.1) is 13.2 Å². The molecule has 0 unspecified atom stereocenters. The number of nitriles is 1. The SMILES string of the molecule is C=CCN(CC=C)C(=CC#N)C(=O)c1ccccc1Oc1ccccn1. The monoisotopic (exact) mass is 345 g/mol. The smallest absolute Gasteiger partial charge is 0.219 e. The Bertz CT molecular complexity index is 841. The van der Waals surface area contributed by atoms with Gasteiger partial charge in [0.15, 0.2) is 0 Å². The Morgan fingerprint density at radius 3 is 2.46 bits per heavy atom. The van der Waals surface area contributed by atoms with E-state index >= 15 is 0 Å². The van der Waals surface area contributed by atoms with Crippen molar-refractivity contribution in [2.75, 3.05) is 13.1 Å². The third-order valence-corrected chi connectivity index (χ3v) is 3.46. The van der Waals surface area contributed by atoms with E-state index in [0.717, 1.165) is 0 Å². The molecule has 0 aliphatic carbocycles. The molecule has 1 aromatic carbocycles. The van der Waals surface area contributed by atoms with E-state index in [1.54, 1.807) is 65.7 Å². The maximum Gasteiger partial charge on any atom is 0.219 e. The molecule has 0 aliphatic heterocycles. The highest BCUT2D eigenvalue weighted by molar-refractivity contribution is 6.10. The molecule has 2 rings (SSSR count). The molecule has 130 valence electrons. The highest BCUT2D eigenvalue weighted by atomic mass is 16.5. The first-order chi connectivity index (χ1) is 12.7. The Hall–Kier alpha value is -3.65. The van der Waals surface area contributed by atoms with Crippen molar-refractivity contribution >= 4 is 5.78 Å². The van der Waals surface area contributed by atoms with Crippen LogP contribution >= 0.6 is 0 Å². The fourth-order valence-electron chi connectivity index (χ4n) is 2.35. The van der Waals surface area contributed by atoms with Gasteiger partial charge < -0.3 is 9.64 Å². The molecule has 0 amide bonds. The number of rotatable bonds is 9. The van der Waals surface area contributed by atoms with Gasteiger partial charge in [0.05, 0.1) is 17.3 Å². The molecule has 5 heteroatoms. The molecule has 0 bridgehead atoms. The Balaban J connectivity index is 2.40. The molecular formula is C21H19N3O2. The minimum atomic E-state index is -0.318. The van der Waals surface area contributed by atoms with E-state index in [1.807, 2.05) is 6.07 Å². The lowest BCUT2D eigenvalue weighted by Crippen LogP contribution is -2.28. The molecule has 0 saturated carbocycles. The van der Waals surface area contributed by atoms with Gasteiger partial charge in [0.25, 0.3) is 0 Å². The first kappa shape index (κ1) is 18.7. The molecule has 0 aliphatic rings. The molecule has 1 aromatic heterocycles. The number of pyridine rings is 1. The number of ether oxygens (including phenoxy) is 1. The van der Waals surface area contributed by atoms with Crippen LogP contribution in [0.4, 0.5) is 0 Å². The van der Waals surface area contributed by atoms with Gasteiger partial charge in [-0.25, -0.2) is 4.98 Å². The van der Waals surface area contributed by atoms with E-state index in [4.69, 9.17) is 10.00 Å². The number of ketones is 1. The van der Waals surface area contributed by atoms with Crippen molar-refractivity contribution in [3.05, 3.63) is 91.3 Å². The zero-order chi connectivity index (χ0) is 18.8. The van der Waals surface area contributed by atoms with Crippen molar-refractivity contribution in [1.82, 2.24) is 9.88 Å². The summed E-state index contributed by atoms with van der Waals surface area (Å²) in [7, 11) is 0. The largest absolute Gasteiger partial charge is 0.438 e. The van der Waals surface area contributed by atoms with E-state index in [2.05, 4.69) is 18.1 Å². The number of hydrogen-bond acceptors (Lipinski definition) is 5. The van der Waals surface area contributed by atoms with Crippen molar-refractivity contribution in [3.63, 3.8) is 0 Å². The summed E-state index contributed by atoms with van der Waals surface area (Å²) < 4.78 is 5.76. The number of allylic oxidation sites excluding steroid dienone is 2. The van der Waals surface area contributed by atoms with E-state index in [0.29, 0.717) is 30.3 Å². The molecule has 0 saturated heterocycles. The van der Waals surface area contributed by atoms with E-state index in [9.17, 15) is 4.79 Å². The standard InChI is InChI=1S/C21H19N3O2/c1-3-15-24(16-4-2)18(12-13-22)21(25)17-9-5-6-10-19(17)26-20-11-7-8-14-23-20/h3-12,14H,1-2,15-16H2. The number of carbonyl (C=O) groups is 1. The second-order valence-corrected chi connectivity index (χ2v) is 5.24. The molecular weight excluding hydrogens is 326 g/mol. The van der Waals surface area contributed by atoms with Crippen molar-refractivity contribution in [2.24, 2.45) is 0 Å². The van der Waals surface area contributed by atoms with Crippen LogP contribution in [0, 0.1) is 11.3 Å². The number of carbonyl (C=O) groups excluding carboxylic acids is 1. The van der Waals surface area contributed by atoms with Crippen molar-refractivity contribution in [2.45, 2.75) is 0 Å². The molecule has 0 N–H and O–H groups in total. The Labute approximate surface area is 153 Å². The Kier molecular flexibility index (Phi) is 6.90. The zero-order valence-corrected chi connectivity index (χ0v) is 14.3.